The van der Waals surface area contributed by atoms with Gasteiger partial charge in [0.2, 0.25) is 0 Å². The summed E-state index contributed by atoms with van der Waals surface area (Å²) in [5.74, 6) is 0.731. The topological polar surface area (TPSA) is 23.5 Å². The highest BCUT2D eigenvalue weighted by Gasteiger charge is 2.28. The fourth-order valence-electron chi connectivity index (χ4n) is 4.12. The standard InChI is InChI=1S/C18H27NO/c20-13-5-10-17-9-4-12-19(17)14-16-8-3-7-15-6-1-2-11-18(15)16/h1-2,6,11,16-17,20H,3-5,7-10,12-14H2. The third kappa shape index (κ3) is 3.07. The quantitative estimate of drug-likeness (QED) is 0.889. The Kier molecular flexibility index (Phi) is 4.74. The van der Waals surface area contributed by atoms with Crippen molar-refractivity contribution >= 4 is 0 Å². The van der Waals surface area contributed by atoms with Gasteiger partial charge in [-0.25, -0.2) is 0 Å². The third-order valence-electron chi connectivity index (χ3n) is 5.14. The average molecular weight is 273 g/mol. The van der Waals surface area contributed by atoms with Crippen molar-refractivity contribution in [3.63, 3.8) is 0 Å². The summed E-state index contributed by atoms with van der Waals surface area (Å²) in [7, 11) is 0. The van der Waals surface area contributed by atoms with Crippen molar-refractivity contribution in [1.82, 2.24) is 4.90 Å². The molecule has 1 aliphatic heterocycles. The van der Waals surface area contributed by atoms with Crippen LogP contribution in [0.4, 0.5) is 0 Å². The molecule has 110 valence electrons. The largest absolute Gasteiger partial charge is 0.396 e. The van der Waals surface area contributed by atoms with E-state index in [1.807, 2.05) is 0 Å². The van der Waals surface area contributed by atoms with Crippen LogP contribution in [-0.4, -0.2) is 35.7 Å². The molecule has 0 aromatic heterocycles. The smallest absolute Gasteiger partial charge is 0.0431 e. The van der Waals surface area contributed by atoms with Crippen molar-refractivity contribution in [2.45, 2.75) is 56.9 Å². The number of nitrogens with zero attached hydrogens (tertiary/aromatic N) is 1. The molecule has 1 N–H and O–H groups in total. The molecule has 0 spiro atoms. The lowest BCUT2D eigenvalue weighted by Gasteiger charge is -2.32. The Balaban J connectivity index is 1.66. The van der Waals surface area contributed by atoms with Crippen LogP contribution in [0.1, 0.15) is 55.6 Å². The minimum absolute atomic E-state index is 0.344. The number of fused-ring (bicyclic) bond motifs is 1. The van der Waals surface area contributed by atoms with Gasteiger partial charge in [0.05, 0.1) is 0 Å². The monoisotopic (exact) mass is 273 g/mol. The first-order valence-electron chi connectivity index (χ1n) is 8.31. The molecule has 0 saturated carbocycles. The van der Waals surface area contributed by atoms with Crippen molar-refractivity contribution in [1.29, 1.82) is 0 Å². The fraction of sp³-hybridized carbons (Fsp3) is 0.667. The minimum Gasteiger partial charge on any atom is -0.396 e. The zero-order valence-electron chi connectivity index (χ0n) is 12.4. The second-order valence-corrected chi connectivity index (χ2v) is 6.44. The van der Waals surface area contributed by atoms with E-state index in [2.05, 4.69) is 29.2 Å². The highest BCUT2D eigenvalue weighted by Crippen LogP contribution is 2.34. The average Bonchev–Trinajstić information content (AvgIpc) is 2.93. The molecule has 2 atom stereocenters. The number of aryl methyl sites for hydroxylation is 1. The first-order valence-corrected chi connectivity index (χ1v) is 8.31. The second-order valence-electron chi connectivity index (χ2n) is 6.44. The Hall–Kier alpha value is -0.860. The van der Waals surface area contributed by atoms with Crippen LogP contribution in [0, 0.1) is 0 Å². The predicted molar refractivity (Wildman–Crippen MR) is 83.0 cm³/mol. The van der Waals surface area contributed by atoms with Gasteiger partial charge in [-0.15, -0.1) is 0 Å². The summed E-state index contributed by atoms with van der Waals surface area (Å²) >= 11 is 0. The van der Waals surface area contributed by atoms with Gasteiger partial charge in [-0.3, -0.25) is 4.90 Å². The highest BCUT2D eigenvalue weighted by atomic mass is 16.2. The van der Waals surface area contributed by atoms with Crippen molar-refractivity contribution in [3.05, 3.63) is 35.4 Å². The van der Waals surface area contributed by atoms with Gasteiger partial charge in [-0.05, 0) is 68.5 Å². The zero-order valence-corrected chi connectivity index (χ0v) is 12.4. The van der Waals surface area contributed by atoms with E-state index in [9.17, 15) is 0 Å². The summed E-state index contributed by atoms with van der Waals surface area (Å²) in [5.41, 5.74) is 3.18. The summed E-state index contributed by atoms with van der Waals surface area (Å²) in [4.78, 5) is 2.70. The molecular formula is C18H27NO. The van der Waals surface area contributed by atoms with Gasteiger partial charge >= 0.3 is 0 Å². The van der Waals surface area contributed by atoms with E-state index in [0.717, 1.165) is 18.4 Å². The van der Waals surface area contributed by atoms with E-state index in [-0.39, 0.29) is 0 Å². The maximum Gasteiger partial charge on any atom is 0.0431 e. The summed E-state index contributed by atoms with van der Waals surface area (Å²) in [6.07, 6.45) is 8.75. The Morgan fingerprint density at radius 1 is 1.15 bits per heavy atom. The van der Waals surface area contributed by atoms with Gasteiger partial charge in [0, 0.05) is 19.2 Å². The number of aliphatic hydroxyl groups is 1. The molecule has 2 heteroatoms. The molecular weight excluding hydrogens is 246 g/mol. The normalized spacial score (nSPS) is 26.6. The van der Waals surface area contributed by atoms with Gasteiger partial charge in [0.1, 0.15) is 0 Å². The second kappa shape index (κ2) is 6.73. The first kappa shape index (κ1) is 14.1. The first-order chi connectivity index (χ1) is 9.88. The lowest BCUT2D eigenvalue weighted by molar-refractivity contribution is 0.202. The van der Waals surface area contributed by atoms with Crippen LogP contribution in [0.25, 0.3) is 0 Å². The fourth-order valence-corrected chi connectivity index (χ4v) is 4.12. The van der Waals surface area contributed by atoms with Crippen molar-refractivity contribution in [2.75, 3.05) is 19.7 Å². The van der Waals surface area contributed by atoms with Crippen LogP contribution in [0.15, 0.2) is 24.3 Å². The van der Waals surface area contributed by atoms with E-state index in [0.29, 0.717) is 6.61 Å². The maximum absolute atomic E-state index is 9.05. The Morgan fingerprint density at radius 3 is 2.95 bits per heavy atom. The number of likely N-dealkylation sites (tertiary alicyclic amines) is 1. The molecule has 0 amide bonds. The number of benzene rings is 1. The van der Waals surface area contributed by atoms with Gasteiger partial charge in [0.15, 0.2) is 0 Å². The highest BCUT2D eigenvalue weighted by molar-refractivity contribution is 5.32. The molecule has 1 heterocycles. The summed E-state index contributed by atoms with van der Waals surface area (Å²) in [6, 6.07) is 9.76. The van der Waals surface area contributed by atoms with Gasteiger partial charge in [0.25, 0.3) is 0 Å². The number of rotatable bonds is 5. The molecule has 1 aromatic rings. The van der Waals surface area contributed by atoms with Crippen LogP contribution in [0.2, 0.25) is 0 Å². The Morgan fingerprint density at radius 2 is 2.05 bits per heavy atom. The summed E-state index contributed by atoms with van der Waals surface area (Å²) in [5, 5.41) is 9.05. The van der Waals surface area contributed by atoms with Gasteiger partial charge in [-0.1, -0.05) is 24.3 Å². The van der Waals surface area contributed by atoms with E-state index >= 15 is 0 Å². The number of aliphatic hydroxyl groups excluding tert-OH is 1. The summed E-state index contributed by atoms with van der Waals surface area (Å²) < 4.78 is 0. The van der Waals surface area contributed by atoms with E-state index in [1.54, 1.807) is 11.1 Å². The Labute approximate surface area is 122 Å². The van der Waals surface area contributed by atoms with E-state index in [1.165, 1.54) is 51.6 Å². The van der Waals surface area contributed by atoms with E-state index < -0.39 is 0 Å². The third-order valence-corrected chi connectivity index (χ3v) is 5.14. The van der Waals surface area contributed by atoms with Gasteiger partial charge < -0.3 is 5.11 Å². The maximum atomic E-state index is 9.05. The Bertz CT molecular complexity index is 431. The molecule has 2 nitrogen and oxygen atoms in total. The van der Waals surface area contributed by atoms with Crippen LogP contribution < -0.4 is 0 Å². The predicted octanol–water partition coefficient (Wildman–Crippen LogP) is 3.34. The molecule has 2 aliphatic rings. The molecule has 1 saturated heterocycles. The van der Waals surface area contributed by atoms with Crippen LogP contribution >= 0.6 is 0 Å². The van der Waals surface area contributed by atoms with Crippen LogP contribution in [0.3, 0.4) is 0 Å². The van der Waals surface area contributed by atoms with Crippen LogP contribution in [0.5, 0.6) is 0 Å². The zero-order chi connectivity index (χ0) is 13.8. The summed E-state index contributed by atoms with van der Waals surface area (Å²) in [6.45, 7) is 2.83. The molecule has 3 rings (SSSR count). The van der Waals surface area contributed by atoms with E-state index in [4.69, 9.17) is 5.11 Å². The number of hydrogen-bond acceptors (Lipinski definition) is 2. The molecule has 1 aliphatic carbocycles. The molecule has 1 fully saturated rings. The minimum atomic E-state index is 0.344. The van der Waals surface area contributed by atoms with Crippen molar-refractivity contribution in [2.24, 2.45) is 0 Å². The number of hydrogen-bond donors (Lipinski definition) is 1. The van der Waals surface area contributed by atoms with Crippen molar-refractivity contribution < 1.29 is 5.11 Å². The molecule has 0 bridgehead atoms. The van der Waals surface area contributed by atoms with Crippen LogP contribution in [-0.2, 0) is 6.42 Å². The van der Waals surface area contributed by atoms with Crippen molar-refractivity contribution in [3.8, 4) is 0 Å². The lowest BCUT2D eigenvalue weighted by Crippen LogP contribution is -2.34. The SMILES string of the molecule is OCCCC1CCCN1CC1CCCc2ccccc21. The molecule has 1 aromatic carbocycles. The molecule has 0 radical (unpaired) electrons. The molecule has 20 heavy (non-hydrogen) atoms. The lowest BCUT2D eigenvalue weighted by atomic mass is 9.82. The van der Waals surface area contributed by atoms with Gasteiger partial charge in [-0.2, -0.15) is 0 Å². The molecule has 2 unspecified atom stereocenters.